The lowest BCUT2D eigenvalue weighted by Gasteiger charge is -2.49. The van der Waals surface area contributed by atoms with Crippen LogP contribution in [0.5, 0.6) is 0 Å². The van der Waals surface area contributed by atoms with Gasteiger partial charge in [-0.1, -0.05) is 32.4 Å². The second kappa shape index (κ2) is 6.54. The Morgan fingerprint density at radius 1 is 1.21 bits per heavy atom. The van der Waals surface area contributed by atoms with E-state index >= 15 is 0 Å². The number of carbonyl (C=O) groups is 1. The Bertz CT molecular complexity index is 713. The molecule has 8 heteroatoms. The minimum absolute atomic E-state index is 0.130. The molecule has 0 saturated carbocycles. The van der Waals surface area contributed by atoms with E-state index in [-0.39, 0.29) is 18.0 Å². The minimum Gasteiger partial charge on any atom is -0.465 e. The SMILES string of the molecule is C[C@H]1C(C(C)(C)C)N(C(=O)O)CCN1S(=O)(=O)c1ccc(Cl)cc1. The van der Waals surface area contributed by atoms with Crippen LogP contribution in [0.4, 0.5) is 4.79 Å². The second-order valence-electron chi connectivity index (χ2n) is 7.10. The minimum atomic E-state index is -3.72. The molecule has 1 heterocycles. The summed E-state index contributed by atoms with van der Waals surface area (Å²) < 4.78 is 27.3. The van der Waals surface area contributed by atoms with E-state index in [1.165, 1.54) is 33.5 Å². The van der Waals surface area contributed by atoms with Crippen LogP contribution in [-0.4, -0.2) is 54.0 Å². The number of sulfonamides is 1. The smallest absolute Gasteiger partial charge is 0.407 e. The zero-order valence-electron chi connectivity index (χ0n) is 14.2. The highest BCUT2D eigenvalue weighted by Gasteiger charge is 2.46. The van der Waals surface area contributed by atoms with Gasteiger partial charge in [-0.25, -0.2) is 13.2 Å². The first-order valence-corrected chi connectivity index (χ1v) is 9.55. The topological polar surface area (TPSA) is 77.9 Å². The molecule has 134 valence electrons. The van der Waals surface area contributed by atoms with Gasteiger partial charge in [-0.05, 0) is 36.6 Å². The number of benzene rings is 1. The standard InChI is InChI=1S/C16H23ClN2O4S/c1-11-14(16(2,3)4)18(15(20)21)9-10-19(11)24(22,23)13-7-5-12(17)6-8-13/h5-8,11,14H,9-10H2,1-4H3,(H,20,21)/t11-,14?/m0/s1. The van der Waals surface area contributed by atoms with Crippen molar-refractivity contribution in [2.75, 3.05) is 13.1 Å². The Morgan fingerprint density at radius 3 is 2.21 bits per heavy atom. The molecule has 2 rings (SSSR count). The fourth-order valence-corrected chi connectivity index (χ4v) is 5.21. The van der Waals surface area contributed by atoms with E-state index < -0.39 is 33.6 Å². The molecule has 0 aromatic heterocycles. The molecule has 6 nitrogen and oxygen atoms in total. The number of rotatable bonds is 2. The number of piperazine rings is 1. The number of halogens is 1. The lowest BCUT2D eigenvalue weighted by atomic mass is 9.80. The zero-order chi connectivity index (χ0) is 18.3. The molecule has 1 amide bonds. The Balaban J connectivity index is 2.41. The quantitative estimate of drug-likeness (QED) is 0.862. The molecule has 0 aliphatic carbocycles. The average molecular weight is 375 g/mol. The van der Waals surface area contributed by atoms with Crippen LogP contribution in [0.1, 0.15) is 27.7 Å². The third kappa shape index (κ3) is 3.53. The van der Waals surface area contributed by atoms with Crippen LogP contribution < -0.4 is 0 Å². The Kier molecular flexibility index (Phi) is 5.18. The van der Waals surface area contributed by atoms with Gasteiger partial charge in [0.25, 0.3) is 0 Å². The maximum absolute atomic E-state index is 13.0. The van der Waals surface area contributed by atoms with Crippen molar-refractivity contribution >= 4 is 27.7 Å². The molecule has 1 fully saturated rings. The van der Waals surface area contributed by atoms with Gasteiger partial charge in [0.2, 0.25) is 10.0 Å². The van der Waals surface area contributed by atoms with Crippen molar-refractivity contribution in [2.24, 2.45) is 5.41 Å². The van der Waals surface area contributed by atoms with E-state index in [2.05, 4.69) is 0 Å². The third-order valence-electron chi connectivity index (χ3n) is 4.36. The predicted octanol–water partition coefficient (Wildman–Crippen LogP) is 3.13. The molecule has 1 aromatic carbocycles. The highest BCUT2D eigenvalue weighted by molar-refractivity contribution is 7.89. The van der Waals surface area contributed by atoms with Gasteiger partial charge < -0.3 is 10.0 Å². The van der Waals surface area contributed by atoms with E-state index in [1.54, 1.807) is 6.92 Å². The summed E-state index contributed by atoms with van der Waals surface area (Å²) in [5, 5.41) is 9.93. The molecule has 1 aromatic rings. The van der Waals surface area contributed by atoms with Crippen LogP contribution in [0.15, 0.2) is 29.2 Å². The molecule has 1 N–H and O–H groups in total. The van der Waals surface area contributed by atoms with Gasteiger partial charge in [-0.15, -0.1) is 0 Å². The van der Waals surface area contributed by atoms with Crippen LogP contribution in [0, 0.1) is 5.41 Å². The van der Waals surface area contributed by atoms with Crippen molar-refractivity contribution in [2.45, 2.75) is 44.7 Å². The fraction of sp³-hybridized carbons (Fsp3) is 0.562. The second-order valence-corrected chi connectivity index (χ2v) is 9.42. The molecule has 1 aliphatic rings. The van der Waals surface area contributed by atoms with Crippen molar-refractivity contribution < 1.29 is 18.3 Å². The van der Waals surface area contributed by atoms with E-state index in [4.69, 9.17) is 11.6 Å². The van der Waals surface area contributed by atoms with Gasteiger partial charge >= 0.3 is 6.09 Å². The number of hydrogen-bond acceptors (Lipinski definition) is 3. The van der Waals surface area contributed by atoms with Gasteiger partial charge in [-0.2, -0.15) is 4.31 Å². The van der Waals surface area contributed by atoms with Gasteiger partial charge in [-0.3, -0.25) is 0 Å². The number of carboxylic acid groups (broad SMARTS) is 1. The molecule has 1 unspecified atom stereocenters. The number of nitrogens with zero attached hydrogens (tertiary/aromatic N) is 2. The first-order chi connectivity index (χ1) is 11.0. The van der Waals surface area contributed by atoms with Crippen molar-refractivity contribution in [3.05, 3.63) is 29.3 Å². The van der Waals surface area contributed by atoms with Crippen molar-refractivity contribution in [3.8, 4) is 0 Å². The van der Waals surface area contributed by atoms with E-state index in [9.17, 15) is 18.3 Å². The van der Waals surface area contributed by atoms with Crippen LogP contribution in [0.2, 0.25) is 5.02 Å². The Hall–Kier alpha value is -1.31. The normalized spacial score (nSPS) is 23.3. The summed E-state index contributed by atoms with van der Waals surface area (Å²) in [4.78, 5) is 13.1. The van der Waals surface area contributed by atoms with Crippen LogP contribution in [-0.2, 0) is 10.0 Å². The molecule has 24 heavy (non-hydrogen) atoms. The molecule has 0 bridgehead atoms. The van der Waals surface area contributed by atoms with Gasteiger partial charge in [0.05, 0.1) is 10.9 Å². The first-order valence-electron chi connectivity index (χ1n) is 7.73. The van der Waals surface area contributed by atoms with Crippen LogP contribution in [0.3, 0.4) is 0 Å². The summed E-state index contributed by atoms with van der Waals surface area (Å²) in [6, 6.07) is 5.10. The summed E-state index contributed by atoms with van der Waals surface area (Å²) in [7, 11) is -3.72. The van der Waals surface area contributed by atoms with Crippen LogP contribution in [0.25, 0.3) is 0 Å². The van der Waals surface area contributed by atoms with E-state index in [0.29, 0.717) is 5.02 Å². The highest BCUT2D eigenvalue weighted by atomic mass is 35.5. The summed E-state index contributed by atoms with van der Waals surface area (Å²) in [5.74, 6) is 0. The molecular weight excluding hydrogens is 352 g/mol. The summed E-state index contributed by atoms with van der Waals surface area (Å²) in [5.41, 5.74) is -0.397. The summed E-state index contributed by atoms with van der Waals surface area (Å²) in [6.45, 7) is 7.80. The maximum Gasteiger partial charge on any atom is 0.407 e. The summed E-state index contributed by atoms with van der Waals surface area (Å²) in [6.07, 6.45) is -1.02. The number of amides is 1. The molecular formula is C16H23ClN2O4S. The first kappa shape index (κ1) is 19.0. The zero-order valence-corrected chi connectivity index (χ0v) is 15.8. The number of hydrogen-bond donors (Lipinski definition) is 1. The van der Waals surface area contributed by atoms with Gasteiger partial charge in [0.1, 0.15) is 0 Å². The highest BCUT2D eigenvalue weighted by Crippen LogP contribution is 2.34. The predicted molar refractivity (Wildman–Crippen MR) is 92.8 cm³/mol. The Morgan fingerprint density at radius 2 is 1.75 bits per heavy atom. The van der Waals surface area contributed by atoms with Crippen molar-refractivity contribution in [3.63, 3.8) is 0 Å². The van der Waals surface area contributed by atoms with E-state index in [0.717, 1.165) is 0 Å². The van der Waals surface area contributed by atoms with Crippen molar-refractivity contribution in [1.82, 2.24) is 9.21 Å². The Labute approximate surface area is 148 Å². The summed E-state index contributed by atoms with van der Waals surface area (Å²) >= 11 is 5.83. The van der Waals surface area contributed by atoms with Crippen molar-refractivity contribution in [1.29, 1.82) is 0 Å². The average Bonchev–Trinajstić information content (AvgIpc) is 2.45. The van der Waals surface area contributed by atoms with Gasteiger partial charge in [0, 0.05) is 24.2 Å². The lowest BCUT2D eigenvalue weighted by molar-refractivity contribution is 0.0159. The maximum atomic E-state index is 13.0. The third-order valence-corrected chi connectivity index (χ3v) is 6.61. The molecule has 0 radical (unpaired) electrons. The fourth-order valence-electron chi connectivity index (χ4n) is 3.45. The molecule has 2 atom stereocenters. The van der Waals surface area contributed by atoms with E-state index in [1.807, 2.05) is 20.8 Å². The van der Waals surface area contributed by atoms with Gasteiger partial charge in [0.15, 0.2) is 0 Å². The monoisotopic (exact) mass is 374 g/mol. The largest absolute Gasteiger partial charge is 0.465 e. The molecule has 1 saturated heterocycles. The molecule has 1 aliphatic heterocycles. The lowest BCUT2D eigenvalue weighted by Crippen LogP contribution is -2.64. The van der Waals surface area contributed by atoms with Crippen LogP contribution >= 0.6 is 11.6 Å². The molecule has 0 spiro atoms.